The number of sulfone groups is 1. The first-order valence-corrected chi connectivity index (χ1v) is 11.9. The first kappa shape index (κ1) is 27.6. The Morgan fingerprint density at radius 1 is 1.14 bits per heavy atom. The van der Waals surface area contributed by atoms with E-state index in [1.807, 2.05) is 52.0 Å². The molecule has 0 fully saturated rings. The van der Waals surface area contributed by atoms with Crippen LogP contribution in [0.25, 0.3) is 0 Å². The second-order valence-corrected chi connectivity index (χ2v) is 9.09. The van der Waals surface area contributed by atoms with Crippen LogP contribution in [-0.2, 0) is 16.4 Å². The first-order valence-electron chi connectivity index (χ1n) is 9.80. The first-order chi connectivity index (χ1) is 13.2. The molecule has 0 aromatic heterocycles. The van der Waals surface area contributed by atoms with E-state index in [1.54, 1.807) is 4.90 Å². The topological polar surface area (TPSA) is 90.9 Å². The maximum atomic E-state index is 12.4. The molecule has 166 valence electrons. The minimum atomic E-state index is -2.98. The SMILES string of the molecule is CCNC(=NCc1ccc(C(=O)N(CC)CC)cc1)NC(C)CCS(C)(=O)=O.I. The minimum absolute atomic E-state index is 0. The summed E-state index contributed by atoms with van der Waals surface area (Å²) in [5.74, 6) is 0.823. The molecule has 0 aliphatic carbocycles. The van der Waals surface area contributed by atoms with Crippen molar-refractivity contribution in [2.75, 3.05) is 31.6 Å². The number of rotatable bonds is 10. The maximum absolute atomic E-state index is 12.4. The average molecular weight is 538 g/mol. The second kappa shape index (κ2) is 13.8. The molecule has 9 heteroatoms. The number of hydrogen-bond acceptors (Lipinski definition) is 4. The summed E-state index contributed by atoms with van der Waals surface area (Å²) < 4.78 is 22.6. The van der Waals surface area contributed by atoms with Gasteiger partial charge in [0.25, 0.3) is 5.91 Å². The third kappa shape index (κ3) is 10.8. The molecule has 0 saturated heterocycles. The van der Waals surface area contributed by atoms with Crippen molar-refractivity contribution in [3.8, 4) is 0 Å². The standard InChI is InChI=1S/C20H34N4O3S.HI/c1-6-21-20(23-16(4)13-14-28(5,26)27)22-15-17-9-11-18(12-10-17)19(25)24(7-2)8-3;/h9-12,16H,6-8,13-15H2,1-5H3,(H2,21,22,23);1H. The van der Waals surface area contributed by atoms with Crippen LogP contribution in [0.2, 0.25) is 0 Å². The average Bonchev–Trinajstić information content (AvgIpc) is 2.65. The Bertz CT molecular complexity index is 747. The van der Waals surface area contributed by atoms with Crippen LogP contribution < -0.4 is 10.6 Å². The molecule has 0 aliphatic rings. The van der Waals surface area contributed by atoms with E-state index in [1.165, 1.54) is 6.26 Å². The summed E-state index contributed by atoms with van der Waals surface area (Å²) in [7, 11) is -2.98. The largest absolute Gasteiger partial charge is 0.357 e. The van der Waals surface area contributed by atoms with E-state index >= 15 is 0 Å². The van der Waals surface area contributed by atoms with Crippen LogP contribution in [0.3, 0.4) is 0 Å². The molecule has 0 aliphatic heterocycles. The zero-order valence-electron chi connectivity index (χ0n) is 18.1. The van der Waals surface area contributed by atoms with Crippen molar-refractivity contribution in [1.82, 2.24) is 15.5 Å². The van der Waals surface area contributed by atoms with Crippen molar-refractivity contribution in [1.29, 1.82) is 0 Å². The number of guanidine groups is 1. The van der Waals surface area contributed by atoms with Gasteiger partial charge in [0, 0.05) is 37.5 Å². The minimum Gasteiger partial charge on any atom is -0.357 e. The van der Waals surface area contributed by atoms with Gasteiger partial charge in [0.1, 0.15) is 9.84 Å². The summed E-state index contributed by atoms with van der Waals surface area (Å²) in [5, 5.41) is 6.40. The van der Waals surface area contributed by atoms with Crippen molar-refractivity contribution < 1.29 is 13.2 Å². The van der Waals surface area contributed by atoms with Crippen molar-refractivity contribution in [2.45, 2.75) is 46.7 Å². The van der Waals surface area contributed by atoms with E-state index in [9.17, 15) is 13.2 Å². The van der Waals surface area contributed by atoms with Gasteiger partial charge in [0.05, 0.1) is 12.3 Å². The van der Waals surface area contributed by atoms with Crippen molar-refractivity contribution in [3.05, 3.63) is 35.4 Å². The fourth-order valence-electron chi connectivity index (χ4n) is 2.63. The fraction of sp³-hybridized carbons (Fsp3) is 0.600. The van der Waals surface area contributed by atoms with Crippen LogP contribution in [-0.4, -0.2) is 62.9 Å². The van der Waals surface area contributed by atoms with Crippen LogP contribution in [0.4, 0.5) is 0 Å². The Morgan fingerprint density at radius 2 is 1.72 bits per heavy atom. The highest BCUT2D eigenvalue weighted by Gasteiger charge is 2.12. The summed E-state index contributed by atoms with van der Waals surface area (Å²) in [6, 6.07) is 7.48. The summed E-state index contributed by atoms with van der Waals surface area (Å²) in [6.45, 7) is 10.4. The predicted molar refractivity (Wildman–Crippen MR) is 131 cm³/mol. The van der Waals surface area contributed by atoms with E-state index in [0.29, 0.717) is 44.1 Å². The molecule has 1 atom stereocenters. The predicted octanol–water partition coefficient (Wildman–Crippen LogP) is 2.66. The van der Waals surface area contributed by atoms with E-state index in [2.05, 4.69) is 15.6 Å². The molecule has 0 radical (unpaired) electrons. The monoisotopic (exact) mass is 538 g/mol. The van der Waals surface area contributed by atoms with E-state index in [-0.39, 0.29) is 41.7 Å². The van der Waals surface area contributed by atoms with Gasteiger partial charge in [0.2, 0.25) is 0 Å². The Morgan fingerprint density at radius 3 is 2.21 bits per heavy atom. The molecule has 0 spiro atoms. The van der Waals surface area contributed by atoms with Gasteiger partial charge in [-0.25, -0.2) is 13.4 Å². The van der Waals surface area contributed by atoms with Crippen molar-refractivity contribution in [3.63, 3.8) is 0 Å². The molecule has 0 bridgehead atoms. The molecule has 1 aromatic rings. The number of carbonyl (C=O) groups excluding carboxylic acids is 1. The summed E-state index contributed by atoms with van der Waals surface area (Å²) in [4.78, 5) is 18.7. The van der Waals surface area contributed by atoms with Gasteiger partial charge in [-0.15, -0.1) is 24.0 Å². The number of hydrogen-bond donors (Lipinski definition) is 2. The molecule has 0 heterocycles. The zero-order valence-corrected chi connectivity index (χ0v) is 21.2. The quantitative estimate of drug-likeness (QED) is 0.272. The third-order valence-corrected chi connectivity index (χ3v) is 5.30. The Kier molecular flexibility index (Phi) is 13.1. The Balaban J connectivity index is 0.00000784. The highest BCUT2D eigenvalue weighted by atomic mass is 127. The van der Waals surface area contributed by atoms with Crippen molar-refractivity contribution in [2.24, 2.45) is 4.99 Å². The highest BCUT2D eigenvalue weighted by Crippen LogP contribution is 2.09. The number of halogens is 1. The number of benzene rings is 1. The van der Waals surface area contributed by atoms with Gasteiger partial charge >= 0.3 is 0 Å². The summed E-state index contributed by atoms with van der Waals surface area (Å²) in [6.07, 6.45) is 1.76. The molecule has 1 rings (SSSR count). The molecular weight excluding hydrogens is 503 g/mol. The summed E-state index contributed by atoms with van der Waals surface area (Å²) >= 11 is 0. The van der Waals surface area contributed by atoms with Gasteiger partial charge in [-0.1, -0.05) is 12.1 Å². The molecule has 0 saturated carbocycles. The van der Waals surface area contributed by atoms with E-state index in [0.717, 1.165) is 5.56 Å². The van der Waals surface area contributed by atoms with Crippen molar-refractivity contribution >= 4 is 45.7 Å². The number of amides is 1. The fourth-order valence-corrected chi connectivity index (χ4v) is 3.41. The molecule has 29 heavy (non-hydrogen) atoms. The van der Waals surface area contributed by atoms with Crippen LogP contribution in [0, 0.1) is 0 Å². The number of carbonyl (C=O) groups is 1. The molecular formula is C20H35IN4O3S. The maximum Gasteiger partial charge on any atom is 0.253 e. The van der Waals surface area contributed by atoms with Crippen LogP contribution in [0.1, 0.15) is 50.0 Å². The third-order valence-electron chi connectivity index (χ3n) is 4.32. The molecule has 1 aromatic carbocycles. The van der Waals surface area contributed by atoms with Crippen LogP contribution in [0.5, 0.6) is 0 Å². The lowest BCUT2D eigenvalue weighted by atomic mass is 10.1. The van der Waals surface area contributed by atoms with E-state index in [4.69, 9.17) is 0 Å². The molecule has 7 nitrogen and oxygen atoms in total. The number of aliphatic imine (C=N–C) groups is 1. The van der Waals surface area contributed by atoms with Gasteiger partial charge in [-0.3, -0.25) is 4.79 Å². The Labute approximate surface area is 192 Å². The number of nitrogens with zero attached hydrogens (tertiary/aromatic N) is 2. The Hall–Kier alpha value is -1.36. The lowest BCUT2D eigenvalue weighted by Crippen LogP contribution is -2.42. The van der Waals surface area contributed by atoms with Gasteiger partial charge in [-0.05, 0) is 51.8 Å². The summed E-state index contributed by atoms with van der Waals surface area (Å²) in [5.41, 5.74) is 1.67. The van der Waals surface area contributed by atoms with Gasteiger partial charge in [-0.2, -0.15) is 0 Å². The normalized spacial score (nSPS) is 12.7. The lowest BCUT2D eigenvalue weighted by Gasteiger charge is -2.19. The smallest absolute Gasteiger partial charge is 0.253 e. The van der Waals surface area contributed by atoms with Crippen LogP contribution >= 0.6 is 24.0 Å². The zero-order chi connectivity index (χ0) is 21.2. The van der Waals surface area contributed by atoms with Gasteiger partial charge in [0.15, 0.2) is 5.96 Å². The molecule has 2 N–H and O–H groups in total. The number of nitrogens with one attached hydrogen (secondary N) is 2. The lowest BCUT2D eigenvalue weighted by molar-refractivity contribution is 0.0773. The molecule has 1 amide bonds. The second-order valence-electron chi connectivity index (χ2n) is 6.83. The van der Waals surface area contributed by atoms with Gasteiger partial charge < -0.3 is 15.5 Å². The van der Waals surface area contributed by atoms with Crippen LogP contribution in [0.15, 0.2) is 29.3 Å². The molecule has 1 unspecified atom stereocenters. The highest BCUT2D eigenvalue weighted by molar-refractivity contribution is 14.0. The van der Waals surface area contributed by atoms with E-state index < -0.39 is 9.84 Å².